The summed E-state index contributed by atoms with van der Waals surface area (Å²) >= 11 is 0. The molecular weight excluding hydrogens is 555 g/mol. The van der Waals surface area contributed by atoms with Gasteiger partial charge in [-0.15, -0.1) is 0 Å². The Kier molecular flexibility index (Phi) is 6.28. The van der Waals surface area contributed by atoms with Crippen LogP contribution in [-0.2, 0) is 6.42 Å². The van der Waals surface area contributed by atoms with Crippen molar-refractivity contribution in [2.75, 3.05) is 4.90 Å². The third-order valence-electron chi connectivity index (χ3n) is 9.48. The number of hydrogen-bond acceptors (Lipinski definition) is 1. The number of fused-ring (bicyclic) bond motifs is 6. The second-order valence-corrected chi connectivity index (χ2v) is 12.1. The SMILES string of the molecule is c1ccc(-c2ccc(-c3ccc(N(c4cccc5c4-c4ccccc4C5)c4cc5ccccc5c5ccccc45)cc3)cc2)cc1. The van der Waals surface area contributed by atoms with Gasteiger partial charge in [-0.05, 0) is 85.8 Å². The van der Waals surface area contributed by atoms with E-state index in [1.165, 1.54) is 77.4 Å². The number of benzene rings is 8. The molecule has 0 heterocycles. The molecule has 1 aliphatic rings. The average molecular weight is 586 g/mol. The molecule has 8 aromatic carbocycles. The predicted octanol–water partition coefficient (Wildman–Crippen LogP) is 12.4. The third kappa shape index (κ3) is 4.40. The minimum atomic E-state index is 0.962. The molecule has 9 rings (SSSR count). The molecule has 0 amide bonds. The van der Waals surface area contributed by atoms with Crippen LogP contribution in [-0.4, -0.2) is 0 Å². The van der Waals surface area contributed by atoms with E-state index >= 15 is 0 Å². The summed E-state index contributed by atoms with van der Waals surface area (Å²) in [6, 6.07) is 64.2. The topological polar surface area (TPSA) is 3.24 Å². The molecule has 0 N–H and O–H groups in total. The van der Waals surface area contributed by atoms with Gasteiger partial charge in [0.2, 0.25) is 0 Å². The van der Waals surface area contributed by atoms with Gasteiger partial charge in [0.15, 0.2) is 0 Å². The molecule has 1 nitrogen and oxygen atoms in total. The average Bonchev–Trinajstić information content (AvgIpc) is 3.52. The maximum atomic E-state index is 2.48. The molecule has 0 unspecified atom stereocenters. The van der Waals surface area contributed by atoms with E-state index in [2.05, 4.69) is 181 Å². The Bertz CT molecular complexity index is 2370. The first-order chi connectivity index (χ1) is 22.8. The van der Waals surface area contributed by atoms with Crippen LogP contribution in [0, 0.1) is 0 Å². The zero-order valence-corrected chi connectivity index (χ0v) is 25.4. The lowest BCUT2D eigenvalue weighted by Crippen LogP contribution is -2.12. The van der Waals surface area contributed by atoms with Crippen LogP contribution in [0.4, 0.5) is 17.1 Å². The molecule has 1 aliphatic carbocycles. The molecule has 1 heteroatoms. The lowest BCUT2D eigenvalue weighted by Gasteiger charge is -2.30. The van der Waals surface area contributed by atoms with Gasteiger partial charge in [0.25, 0.3) is 0 Å². The fraction of sp³-hybridized carbons (Fsp3) is 0.0222. The molecule has 0 fully saturated rings. The van der Waals surface area contributed by atoms with Crippen LogP contribution in [0.1, 0.15) is 11.1 Å². The normalized spacial score (nSPS) is 11.8. The van der Waals surface area contributed by atoms with Crippen molar-refractivity contribution in [1.82, 2.24) is 0 Å². The quantitative estimate of drug-likeness (QED) is 0.182. The van der Waals surface area contributed by atoms with E-state index in [0.29, 0.717) is 0 Å². The molecule has 0 saturated carbocycles. The highest BCUT2D eigenvalue weighted by Crippen LogP contribution is 2.49. The summed E-state index contributed by atoms with van der Waals surface area (Å²) in [7, 11) is 0. The molecule has 8 aromatic rings. The lowest BCUT2D eigenvalue weighted by molar-refractivity contribution is 1.25. The largest absolute Gasteiger partial charge is 0.309 e. The second-order valence-electron chi connectivity index (χ2n) is 12.1. The van der Waals surface area contributed by atoms with Crippen LogP contribution in [0.2, 0.25) is 0 Å². The highest BCUT2D eigenvalue weighted by molar-refractivity contribution is 6.15. The Morgan fingerprint density at radius 2 is 0.935 bits per heavy atom. The van der Waals surface area contributed by atoms with Crippen LogP contribution in [0.3, 0.4) is 0 Å². The first-order valence-corrected chi connectivity index (χ1v) is 16.0. The Hall–Kier alpha value is -5.92. The van der Waals surface area contributed by atoms with Crippen LogP contribution in [0.25, 0.3) is 54.9 Å². The number of anilines is 3. The van der Waals surface area contributed by atoms with Crippen molar-refractivity contribution in [3.05, 3.63) is 187 Å². The van der Waals surface area contributed by atoms with Gasteiger partial charge < -0.3 is 4.90 Å². The number of hydrogen-bond donors (Lipinski definition) is 0. The van der Waals surface area contributed by atoms with Crippen molar-refractivity contribution in [2.24, 2.45) is 0 Å². The Morgan fingerprint density at radius 3 is 1.70 bits per heavy atom. The summed E-state index contributed by atoms with van der Waals surface area (Å²) < 4.78 is 0. The fourth-order valence-corrected chi connectivity index (χ4v) is 7.27. The Balaban J connectivity index is 1.22. The van der Waals surface area contributed by atoms with Gasteiger partial charge in [-0.3, -0.25) is 0 Å². The van der Waals surface area contributed by atoms with Gasteiger partial charge in [-0.2, -0.15) is 0 Å². The van der Waals surface area contributed by atoms with Gasteiger partial charge in [-0.25, -0.2) is 0 Å². The van der Waals surface area contributed by atoms with E-state index < -0.39 is 0 Å². The molecule has 0 spiro atoms. The highest BCUT2D eigenvalue weighted by atomic mass is 15.1. The summed E-state index contributed by atoms with van der Waals surface area (Å²) in [5.41, 5.74) is 13.9. The maximum Gasteiger partial charge on any atom is 0.0546 e. The fourth-order valence-electron chi connectivity index (χ4n) is 7.27. The van der Waals surface area contributed by atoms with Crippen LogP contribution < -0.4 is 4.90 Å². The van der Waals surface area contributed by atoms with E-state index in [1.807, 2.05) is 0 Å². The Labute approximate surface area is 269 Å². The van der Waals surface area contributed by atoms with Gasteiger partial charge in [0, 0.05) is 16.6 Å². The van der Waals surface area contributed by atoms with Gasteiger partial charge in [-0.1, -0.05) is 152 Å². The Morgan fingerprint density at radius 1 is 0.370 bits per heavy atom. The molecule has 0 radical (unpaired) electrons. The predicted molar refractivity (Wildman–Crippen MR) is 195 cm³/mol. The maximum absolute atomic E-state index is 2.48. The highest BCUT2D eigenvalue weighted by Gasteiger charge is 2.26. The smallest absolute Gasteiger partial charge is 0.0546 e. The van der Waals surface area contributed by atoms with Gasteiger partial charge in [0.05, 0.1) is 11.4 Å². The minimum absolute atomic E-state index is 0.962. The van der Waals surface area contributed by atoms with E-state index in [4.69, 9.17) is 0 Å². The monoisotopic (exact) mass is 585 g/mol. The first kappa shape index (κ1) is 26.5. The van der Waals surface area contributed by atoms with E-state index in [-0.39, 0.29) is 0 Å². The number of nitrogens with zero attached hydrogens (tertiary/aromatic N) is 1. The zero-order chi connectivity index (χ0) is 30.5. The van der Waals surface area contributed by atoms with E-state index in [1.54, 1.807) is 0 Å². The molecule has 46 heavy (non-hydrogen) atoms. The van der Waals surface area contributed by atoms with Crippen LogP contribution in [0.5, 0.6) is 0 Å². The summed E-state index contributed by atoms with van der Waals surface area (Å²) in [5.74, 6) is 0. The van der Waals surface area contributed by atoms with Crippen molar-refractivity contribution in [3.63, 3.8) is 0 Å². The molecule has 0 aliphatic heterocycles. The van der Waals surface area contributed by atoms with E-state index in [9.17, 15) is 0 Å². The molecule has 0 aromatic heterocycles. The van der Waals surface area contributed by atoms with Crippen molar-refractivity contribution in [2.45, 2.75) is 6.42 Å². The van der Waals surface area contributed by atoms with Crippen molar-refractivity contribution < 1.29 is 0 Å². The molecular formula is C45H31N. The summed E-state index contributed by atoms with van der Waals surface area (Å²) in [6.07, 6.45) is 0.962. The van der Waals surface area contributed by atoms with E-state index in [0.717, 1.165) is 12.1 Å². The molecule has 0 atom stereocenters. The number of rotatable bonds is 5. The van der Waals surface area contributed by atoms with Crippen molar-refractivity contribution in [1.29, 1.82) is 0 Å². The van der Waals surface area contributed by atoms with Gasteiger partial charge in [0.1, 0.15) is 0 Å². The van der Waals surface area contributed by atoms with Crippen molar-refractivity contribution >= 4 is 38.6 Å². The molecule has 216 valence electrons. The summed E-state index contributed by atoms with van der Waals surface area (Å²) in [5, 5.41) is 5.03. The van der Waals surface area contributed by atoms with Crippen LogP contribution >= 0.6 is 0 Å². The first-order valence-electron chi connectivity index (χ1n) is 16.0. The van der Waals surface area contributed by atoms with Crippen LogP contribution in [0.15, 0.2) is 176 Å². The standard InChI is InChI=1S/C45H31N/c1-2-11-31(12-3-1)32-21-23-33(24-22-32)34-25-27-38(28-26-34)46(43-20-10-15-37-29-35-13-5-7-17-40(35)45(37)43)44-30-36-14-4-6-16-39(36)41-18-8-9-19-42(41)44/h1-28,30H,29H2. The van der Waals surface area contributed by atoms with Crippen molar-refractivity contribution in [3.8, 4) is 33.4 Å². The zero-order valence-electron chi connectivity index (χ0n) is 25.4. The minimum Gasteiger partial charge on any atom is -0.309 e. The summed E-state index contributed by atoms with van der Waals surface area (Å²) in [6.45, 7) is 0. The summed E-state index contributed by atoms with van der Waals surface area (Å²) in [4.78, 5) is 2.48. The second kappa shape index (κ2) is 10.9. The molecule has 0 saturated heterocycles. The van der Waals surface area contributed by atoms with Gasteiger partial charge >= 0.3 is 0 Å². The third-order valence-corrected chi connectivity index (χ3v) is 9.48. The molecule has 0 bridgehead atoms. The lowest BCUT2D eigenvalue weighted by atomic mass is 9.97.